The van der Waals surface area contributed by atoms with Crippen LogP contribution in [0.4, 0.5) is 5.69 Å². The number of thioether (sulfide) groups is 1. The quantitative estimate of drug-likeness (QED) is 0.677. The maximum absolute atomic E-state index is 11.4. The van der Waals surface area contributed by atoms with Crippen LogP contribution in [-0.4, -0.2) is 21.8 Å². The third kappa shape index (κ3) is 4.41. The Balaban J connectivity index is 2.08. The molecule has 2 rings (SSSR count). The largest absolute Gasteiger partial charge is 0.497 e. The molecule has 0 aliphatic carbocycles. The number of sulfone groups is 1. The lowest BCUT2D eigenvalue weighted by Crippen LogP contribution is -1.96. The van der Waals surface area contributed by atoms with E-state index in [2.05, 4.69) is 0 Å². The molecule has 2 aromatic carbocycles. The third-order valence-electron chi connectivity index (χ3n) is 2.88. The van der Waals surface area contributed by atoms with Crippen molar-refractivity contribution in [2.75, 3.05) is 19.1 Å². The van der Waals surface area contributed by atoms with E-state index in [9.17, 15) is 8.42 Å². The highest BCUT2D eigenvalue weighted by molar-refractivity contribution is 7.98. The van der Waals surface area contributed by atoms with Gasteiger partial charge in [0.2, 0.25) is 0 Å². The van der Waals surface area contributed by atoms with Crippen LogP contribution < -0.4 is 10.5 Å². The number of anilines is 1. The van der Waals surface area contributed by atoms with Gasteiger partial charge in [-0.15, -0.1) is 11.8 Å². The van der Waals surface area contributed by atoms with E-state index >= 15 is 0 Å². The molecule has 21 heavy (non-hydrogen) atoms. The van der Waals surface area contributed by atoms with Crippen LogP contribution in [0.15, 0.2) is 52.3 Å². The molecule has 0 spiro atoms. The van der Waals surface area contributed by atoms with Crippen molar-refractivity contribution in [3.8, 4) is 5.75 Å². The van der Waals surface area contributed by atoms with Crippen LogP contribution in [0.1, 0.15) is 5.56 Å². The molecule has 0 aliphatic heterocycles. The first-order valence-electron chi connectivity index (χ1n) is 6.25. The van der Waals surface area contributed by atoms with Crippen molar-refractivity contribution in [1.29, 1.82) is 0 Å². The minimum absolute atomic E-state index is 0.331. The molecular weight excluding hydrogens is 306 g/mol. The van der Waals surface area contributed by atoms with Gasteiger partial charge in [0.25, 0.3) is 0 Å². The fraction of sp³-hybridized carbons (Fsp3) is 0.200. The Labute approximate surface area is 129 Å². The Kier molecular flexibility index (Phi) is 4.80. The van der Waals surface area contributed by atoms with Gasteiger partial charge < -0.3 is 10.5 Å². The second-order valence-electron chi connectivity index (χ2n) is 4.65. The standard InChI is InChI=1S/C15H17NO3S2/c1-19-13-8-11(7-12(16)9-13)10-20-14-3-5-15(6-4-14)21(2,17)18/h3-9H,10,16H2,1-2H3. The molecule has 0 radical (unpaired) electrons. The average Bonchev–Trinajstić information content (AvgIpc) is 2.44. The monoisotopic (exact) mass is 323 g/mol. The smallest absolute Gasteiger partial charge is 0.175 e. The molecule has 0 atom stereocenters. The summed E-state index contributed by atoms with van der Waals surface area (Å²) >= 11 is 1.61. The van der Waals surface area contributed by atoms with Gasteiger partial charge in [0.15, 0.2) is 9.84 Å². The summed E-state index contributed by atoms with van der Waals surface area (Å²) in [6.45, 7) is 0. The molecule has 0 amide bonds. The van der Waals surface area contributed by atoms with Crippen molar-refractivity contribution in [2.24, 2.45) is 0 Å². The number of benzene rings is 2. The lowest BCUT2D eigenvalue weighted by Gasteiger charge is -2.07. The highest BCUT2D eigenvalue weighted by Crippen LogP contribution is 2.27. The first-order chi connectivity index (χ1) is 9.88. The highest BCUT2D eigenvalue weighted by atomic mass is 32.2. The molecule has 6 heteroatoms. The summed E-state index contributed by atoms with van der Waals surface area (Å²) in [5.41, 5.74) is 7.54. The summed E-state index contributed by atoms with van der Waals surface area (Å²) in [6.07, 6.45) is 1.20. The molecule has 112 valence electrons. The Morgan fingerprint density at radius 2 is 1.81 bits per heavy atom. The number of methoxy groups -OCH3 is 1. The maximum Gasteiger partial charge on any atom is 0.175 e. The minimum Gasteiger partial charge on any atom is -0.497 e. The van der Waals surface area contributed by atoms with Crippen molar-refractivity contribution in [3.05, 3.63) is 48.0 Å². The first kappa shape index (κ1) is 15.7. The summed E-state index contributed by atoms with van der Waals surface area (Å²) in [5, 5.41) is 0. The number of rotatable bonds is 5. The fourth-order valence-corrected chi connectivity index (χ4v) is 3.30. The van der Waals surface area contributed by atoms with Gasteiger partial charge in [-0.3, -0.25) is 0 Å². The first-order valence-corrected chi connectivity index (χ1v) is 9.12. The predicted octanol–water partition coefficient (Wildman–Crippen LogP) is 2.97. The van der Waals surface area contributed by atoms with Gasteiger partial charge in [-0.1, -0.05) is 0 Å². The van der Waals surface area contributed by atoms with Gasteiger partial charge in [0.1, 0.15) is 5.75 Å². The molecule has 2 N–H and O–H groups in total. The Hall–Kier alpha value is -1.66. The SMILES string of the molecule is COc1cc(N)cc(CSc2ccc(S(C)(=O)=O)cc2)c1. The lowest BCUT2D eigenvalue weighted by molar-refractivity contribution is 0.414. The molecule has 0 unspecified atom stereocenters. The zero-order valence-corrected chi connectivity index (χ0v) is 13.5. The summed E-state index contributed by atoms with van der Waals surface area (Å²) in [4.78, 5) is 1.33. The number of ether oxygens (including phenoxy) is 1. The molecule has 0 aliphatic rings. The van der Waals surface area contributed by atoms with Gasteiger partial charge in [-0.25, -0.2) is 8.42 Å². The lowest BCUT2D eigenvalue weighted by atomic mass is 10.2. The van der Waals surface area contributed by atoms with E-state index in [0.717, 1.165) is 22.0 Å². The number of hydrogen-bond acceptors (Lipinski definition) is 5. The fourth-order valence-electron chi connectivity index (χ4n) is 1.84. The van der Waals surface area contributed by atoms with Crippen LogP contribution in [-0.2, 0) is 15.6 Å². The highest BCUT2D eigenvalue weighted by Gasteiger charge is 2.06. The Morgan fingerprint density at radius 1 is 1.14 bits per heavy atom. The predicted molar refractivity (Wildman–Crippen MR) is 86.5 cm³/mol. The molecule has 0 fully saturated rings. The van der Waals surface area contributed by atoms with Gasteiger partial charge in [-0.2, -0.15) is 0 Å². The van der Waals surface area contributed by atoms with Crippen LogP contribution in [0.3, 0.4) is 0 Å². The molecule has 0 aromatic heterocycles. The van der Waals surface area contributed by atoms with Crippen LogP contribution in [0.5, 0.6) is 5.75 Å². The van der Waals surface area contributed by atoms with Crippen LogP contribution >= 0.6 is 11.8 Å². The van der Waals surface area contributed by atoms with Crippen molar-refractivity contribution < 1.29 is 13.2 Å². The van der Waals surface area contributed by atoms with Crippen molar-refractivity contribution in [3.63, 3.8) is 0 Å². The molecule has 0 heterocycles. The molecule has 4 nitrogen and oxygen atoms in total. The van der Waals surface area contributed by atoms with Crippen molar-refractivity contribution >= 4 is 27.3 Å². The zero-order valence-electron chi connectivity index (χ0n) is 11.9. The van der Waals surface area contributed by atoms with Gasteiger partial charge >= 0.3 is 0 Å². The summed E-state index contributed by atoms with van der Waals surface area (Å²) in [7, 11) is -1.54. The van der Waals surface area contributed by atoms with Crippen molar-refractivity contribution in [2.45, 2.75) is 15.5 Å². The molecule has 0 saturated carbocycles. The van der Waals surface area contributed by atoms with E-state index in [0.29, 0.717) is 10.6 Å². The minimum atomic E-state index is -3.14. The van der Waals surface area contributed by atoms with E-state index in [-0.39, 0.29) is 0 Å². The van der Waals surface area contributed by atoms with Gasteiger partial charge in [0.05, 0.1) is 12.0 Å². The number of hydrogen-bond donors (Lipinski definition) is 1. The Morgan fingerprint density at radius 3 is 2.38 bits per heavy atom. The molecular formula is C15H17NO3S2. The van der Waals surface area contributed by atoms with E-state index < -0.39 is 9.84 Å². The summed E-state index contributed by atoms with van der Waals surface area (Å²) in [6, 6.07) is 12.5. The van der Waals surface area contributed by atoms with E-state index in [1.807, 2.05) is 24.3 Å². The molecule has 0 saturated heterocycles. The summed E-state index contributed by atoms with van der Waals surface area (Å²) < 4.78 is 28.0. The van der Waals surface area contributed by atoms with Crippen LogP contribution in [0, 0.1) is 0 Å². The normalized spacial score (nSPS) is 11.3. The molecule has 2 aromatic rings. The summed E-state index contributed by atoms with van der Waals surface area (Å²) in [5.74, 6) is 1.47. The number of nitrogen functional groups attached to an aromatic ring is 1. The van der Waals surface area contributed by atoms with Gasteiger partial charge in [0, 0.05) is 28.7 Å². The molecule has 0 bridgehead atoms. The van der Waals surface area contributed by atoms with E-state index in [1.165, 1.54) is 6.26 Å². The van der Waals surface area contributed by atoms with E-state index in [1.54, 1.807) is 37.1 Å². The number of nitrogens with two attached hydrogens (primary N) is 1. The van der Waals surface area contributed by atoms with Gasteiger partial charge in [-0.05, 0) is 42.0 Å². The second-order valence-corrected chi connectivity index (χ2v) is 7.71. The van der Waals surface area contributed by atoms with Crippen LogP contribution in [0.25, 0.3) is 0 Å². The Bertz CT molecular complexity index is 725. The maximum atomic E-state index is 11.4. The average molecular weight is 323 g/mol. The second kappa shape index (κ2) is 6.41. The van der Waals surface area contributed by atoms with Crippen molar-refractivity contribution in [1.82, 2.24) is 0 Å². The van der Waals surface area contributed by atoms with E-state index in [4.69, 9.17) is 10.5 Å². The zero-order chi connectivity index (χ0) is 15.5. The van der Waals surface area contributed by atoms with Crippen LogP contribution in [0.2, 0.25) is 0 Å². The topological polar surface area (TPSA) is 69.4 Å². The third-order valence-corrected chi connectivity index (χ3v) is 5.09.